The van der Waals surface area contributed by atoms with Gasteiger partial charge in [0.05, 0.1) is 5.69 Å². The highest BCUT2D eigenvalue weighted by atomic mass is 15.3. The van der Waals surface area contributed by atoms with Crippen molar-refractivity contribution < 1.29 is 0 Å². The molecule has 0 radical (unpaired) electrons. The topological polar surface area (TPSA) is 33.1 Å². The highest BCUT2D eigenvalue weighted by Gasteiger charge is 2.22. The smallest absolute Gasteiger partial charge is 0.0645 e. The summed E-state index contributed by atoms with van der Waals surface area (Å²) in [5.74, 6) is 0. The van der Waals surface area contributed by atoms with Crippen molar-refractivity contribution in [1.29, 1.82) is 0 Å². The first-order chi connectivity index (χ1) is 9.36. The first-order valence-electron chi connectivity index (χ1n) is 6.90. The molecule has 0 bridgehead atoms. The van der Waals surface area contributed by atoms with Crippen molar-refractivity contribution in [3.8, 4) is 5.69 Å². The van der Waals surface area contributed by atoms with Crippen molar-refractivity contribution in [2.24, 2.45) is 0 Å². The maximum atomic E-state index is 4.24. The van der Waals surface area contributed by atoms with Crippen molar-refractivity contribution in [2.45, 2.75) is 19.5 Å². The molecule has 4 heteroatoms. The van der Waals surface area contributed by atoms with Gasteiger partial charge in [-0.3, -0.25) is 4.90 Å². The lowest BCUT2D eigenvalue weighted by Gasteiger charge is -2.37. The molecule has 0 aliphatic carbocycles. The van der Waals surface area contributed by atoms with E-state index in [1.807, 2.05) is 16.9 Å². The molecule has 100 valence electrons. The SMILES string of the molecule is CCN(Cc1ccc(-n2cccn2)cc1)C1CNC1. The van der Waals surface area contributed by atoms with Gasteiger partial charge in [0.15, 0.2) is 0 Å². The number of likely N-dealkylation sites (N-methyl/N-ethyl adjacent to an activating group) is 1. The van der Waals surface area contributed by atoms with Crippen LogP contribution < -0.4 is 5.32 Å². The molecule has 4 nitrogen and oxygen atoms in total. The molecule has 1 aromatic carbocycles. The Morgan fingerprint density at radius 1 is 1.32 bits per heavy atom. The third-order valence-corrected chi connectivity index (χ3v) is 3.77. The van der Waals surface area contributed by atoms with Crippen molar-refractivity contribution in [3.05, 3.63) is 48.3 Å². The molecule has 0 atom stereocenters. The van der Waals surface area contributed by atoms with Crippen LogP contribution in [0.15, 0.2) is 42.7 Å². The van der Waals surface area contributed by atoms with Crippen LogP contribution in [0, 0.1) is 0 Å². The molecule has 1 fully saturated rings. The van der Waals surface area contributed by atoms with E-state index in [1.165, 1.54) is 5.56 Å². The van der Waals surface area contributed by atoms with E-state index >= 15 is 0 Å². The van der Waals surface area contributed by atoms with Gasteiger partial charge < -0.3 is 5.32 Å². The minimum Gasteiger partial charge on any atom is -0.314 e. The van der Waals surface area contributed by atoms with Crippen LogP contribution in [0.5, 0.6) is 0 Å². The largest absolute Gasteiger partial charge is 0.314 e. The van der Waals surface area contributed by atoms with Crippen LogP contribution in [-0.4, -0.2) is 40.4 Å². The molecular weight excluding hydrogens is 236 g/mol. The second-order valence-corrected chi connectivity index (χ2v) is 4.99. The second-order valence-electron chi connectivity index (χ2n) is 4.99. The molecule has 1 aromatic heterocycles. The van der Waals surface area contributed by atoms with Gasteiger partial charge in [-0.05, 0) is 30.3 Å². The number of nitrogens with zero attached hydrogens (tertiary/aromatic N) is 3. The predicted octanol–water partition coefficient (Wildman–Crippen LogP) is 1.67. The molecule has 1 aliphatic heterocycles. The number of rotatable bonds is 5. The molecule has 1 aliphatic rings. The number of hydrogen-bond donors (Lipinski definition) is 1. The molecule has 1 N–H and O–H groups in total. The maximum Gasteiger partial charge on any atom is 0.0645 e. The van der Waals surface area contributed by atoms with Crippen molar-refractivity contribution >= 4 is 0 Å². The summed E-state index contributed by atoms with van der Waals surface area (Å²) in [6, 6.07) is 11.3. The van der Waals surface area contributed by atoms with Gasteiger partial charge in [0.25, 0.3) is 0 Å². The van der Waals surface area contributed by atoms with E-state index in [0.29, 0.717) is 6.04 Å². The summed E-state index contributed by atoms with van der Waals surface area (Å²) in [5, 5.41) is 7.58. The summed E-state index contributed by atoms with van der Waals surface area (Å²) in [5.41, 5.74) is 2.48. The highest BCUT2D eigenvalue weighted by molar-refractivity contribution is 5.33. The number of aromatic nitrogens is 2. The molecule has 2 aromatic rings. The molecule has 0 amide bonds. The van der Waals surface area contributed by atoms with Crippen LogP contribution in [0.2, 0.25) is 0 Å². The summed E-state index contributed by atoms with van der Waals surface area (Å²) in [7, 11) is 0. The molecule has 2 heterocycles. The van der Waals surface area contributed by atoms with Crippen LogP contribution in [0.1, 0.15) is 12.5 Å². The summed E-state index contributed by atoms with van der Waals surface area (Å²) in [6.45, 7) is 6.62. The van der Waals surface area contributed by atoms with Crippen LogP contribution >= 0.6 is 0 Å². The third kappa shape index (κ3) is 2.69. The standard InChI is InChI=1S/C15H20N4/c1-2-18(15-10-16-11-15)12-13-4-6-14(7-5-13)19-9-3-8-17-19/h3-9,15-16H,2,10-12H2,1H3. The van der Waals surface area contributed by atoms with Gasteiger partial charge in [-0.25, -0.2) is 4.68 Å². The molecule has 0 saturated carbocycles. The second kappa shape index (κ2) is 5.55. The van der Waals surface area contributed by atoms with E-state index < -0.39 is 0 Å². The minimum atomic E-state index is 0.704. The lowest BCUT2D eigenvalue weighted by molar-refractivity contribution is 0.145. The van der Waals surface area contributed by atoms with Crippen molar-refractivity contribution in [2.75, 3.05) is 19.6 Å². The molecule has 0 unspecified atom stereocenters. The zero-order chi connectivity index (χ0) is 13.1. The molecule has 19 heavy (non-hydrogen) atoms. The van der Waals surface area contributed by atoms with Crippen LogP contribution in [0.25, 0.3) is 5.69 Å². The van der Waals surface area contributed by atoms with Gasteiger partial charge in [-0.15, -0.1) is 0 Å². The number of benzene rings is 1. The zero-order valence-corrected chi connectivity index (χ0v) is 11.3. The van der Waals surface area contributed by atoms with Gasteiger partial charge in [-0.2, -0.15) is 5.10 Å². The normalized spacial score (nSPS) is 15.7. The van der Waals surface area contributed by atoms with E-state index in [-0.39, 0.29) is 0 Å². The van der Waals surface area contributed by atoms with E-state index in [2.05, 4.69) is 46.5 Å². The first-order valence-corrected chi connectivity index (χ1v) is 6.90. The predicted molar refractivity (Wildman–Crippen MR) is 76.3 cm³/mol. The van der Waals surface area contributed by atoms with Crippen LogP contribution in [-0.2, 0) is 6.54 Å². The average Bonchev–Trinajstić information content (AvgIpc) is 2.90. The Hall–Kier alpha value is -1.65. The fourth-order valence-electron chi connectivity index (χ4n) is 2.44. The third-order valence-electron chi connectivity index (χ3n) is 3.77. The summed E-state index contributed by atoms with van der Waals surface area (Å²) in [6.07, 6.45) is 3.77. The average molecular weight is 256 g/mol. The Kier molecular flexibility index (Phi) is 3.62. The quantitative estimate of drug-likeness (QED) is 0.883. The fraction of sp³-hybridized carbons (Fsp3) is 0.400. The first kappa shape index (κ1) is 12.4. The van der Waals surface area contributed by atoms with E-state index in [0.717, 1.165) is 31.9 Å². The minimum absolute atomic E-state index is 0.704. The Labute approximate surface area is 114 Å². The fourth-order valence-corrected chi connectivity index (χ4v) is 2.44. The Morgan fingerprint density at radius 2 is 2.11 bits per heavy atom. The van der Waals surface area contributed by atoms with Gasteiger partial charge in [0.1, 0.15) is 0 Å². The van der Waals surface area contributed by atoms with Gasteiger partial charge in [0.2, 0.25) is 0 Å². The molecular formula is C15H20N4. The van der Waals surface area contributed by atoms with Gasteiger partial charge in [-0.1, -0.05) is 19.1 Å². The molecule has 3 rings (SSSR count). The monoisotopic (exact) mass is 256 g/mol. The molecule has 1 saturated heterocycles. The highest BCUT2D eigenvalue weighted by Crippen LogP contribution is 2.13. The lowest BCUT2D eigenvalue weighted by Crippen LogP contribution is -2.56. The summed E-state index contributed by atoms with van der Waals surface area (Å²) >= 11 is 0. The van der Waals surface area contributed by atoms with Crippen LogP contribution in [0.3, 0.4) is 0 Å². The summed E-state index contributed by atoms with van der Waals surface area (Å²) in [4.78, 5) is 2.53. The van der Waals surface area contributed by atoms with E-state index in [1.54, 1.807) is 6.20 Å². The lowest BCUT2D eigenvalue weighted by atomic mass is 10.1. The molecule has 0 spiro atoms. The Morgan fingerprint density at radius 3 is 2.63 bits per heavy atom. The Balaban J connectivity index is 1.68. The number of nitrogens with one attached hydrogen (secondary N) is 1. The van der Waals surface area contributed by atoms with E-state index in [9.17, 15) is 0 Å². The summed E-state index contributed by atoms with van der Waals surface area (Å²) < 4.78 is 1.89. The van der Waals surface area contributed by atoms with E-state index in [4.69, 9.17) is 0 Å². The number of hydrogen-bond acceptors (Lipinski definition) is 3. The van der Waals surface area contributed by atoms with Crippen molar-refractivity contribution in [1.82, 2.24) is 20.0 Å². The Bertz CT molecular complexity index is 499. The van der Waals surface area contributed by atoms with Gasteiger partial charge in [0, 0.05) is 38.1 Å². The zero-order valence-electron chi connectivity index (χ0n) is 11.3. The van der Waals surface area contributed by atoms with Gasteiger partial charge >= 0.3 is 0 Å². The van der Waals surface area contributed by atoms with Crippen molar-refractivity contribution in [3.63, 3.8) is 0 Å². The maximum absolute atomic E-state index is 4.24. The van der Waals surface area contributed by atoms with Crippen LogP contribution in [0.4, 0.5) is 0 Å².